The number of anilines is 1. The molecule has 86 valence electrons. The highest BCUT2D eigenvalue weighted by molar-refractivity contribution is 7.93. The summed E-state index contributed by atoms with van der Waals surface area (Å²) >= 11 is 5.67. The van der Waals surface area contributed by atoms with Crippen molar-refractivity contribution in [1.82, 2.24) is 0 Å². The first kappa shape index (κ1) is 12.8. The Kier molecular flexibility index (Phi) is 4.16. The van der Waals surface area contributed by atoms with E-state index in [9.17, 15) is 8.42 Å². The fraction of sp³-hybridized carbons (Fsp3) is 0.300. The van der Waals surface area contributed by atoms with Gasteiger partial charge in [0.15, 0.2) is 5.25 Å². The zero-order chi connectivity index (χ0) is 12.2. The molecule has 1 aromatic rings. The molecule has 0 spiro atoms. The lowest BCUT2D eigenvalue weighted by Crippen LogP contribution is -2.25. The van der Waals surface area contributed by atoms with E-state index in [-0.39, 0.29) is 6.42 Å². The van der Waals surface area contributed by atoms with Gasteiger partial charge in [0.1, 0.15) is 0 Å². The van der Waals surface area contributed by atoms with E-state index in [4.69, 9.17) is 16.9 Å². The van der Waals surface area contributed by atoms with E-state index in [1.165, 1.54) is 0 Å². The zero-order valence-corrected chi connectivity index (χ0v) is 10.2. The van der Waals surface area contributed by atoms with Gasteiger partial charge in [-0.1, -0.05) is 18.5 Å². The second-order valence-electron chi connectivity index (χ2n) is 3.18. The lowest BCUT2D eigenvalue weighted by molar-refractivity contribution is 0.593. The Bertz CT molecular complexity index is 491. The maximum absolute atomic E-state index is 11.7. The molecular formula is C10H11ClN2O2S. The fourth-order valence-electron chi connectivity index (χ4n) is 1.13. The molecule has 0 radical (unpaired) electrons. The number of hydrogen-bond acceptors (Lipinski definition) is 3. The number of hydrogen-bond donors (Lipinski definition) is 1. The van der Waals surface area contributed by atoms with E-state index in [1.54, 1.807) is 37.3 Å². The van der Waals surface area contributed by atoms with Crippen LogP contribution in [0.5, 0.6) is 0 Å². The molecular weight excluding hydrogens is 248 g/mol. The minimum absolute atomic E-state index is 0.249. The Morgan fingerprint density at radius 2 is 2.00 bits per heavy atom. The van der Waals surface area contributed by atoms with Crippen molar-refractivity contribution in [2.45, 2.75) is 18.6 Å². The summed E-state index contributed by atoms with van der Waals surface area (Å²) in [6.45, 7) is 1.65. The summed E-state index contributed by atoms with van der Waals surface area (Å²) in [6.07, 6.45) is 0.249. The number of nitrogens with zero attached hydrogens (tertiary/aromatic N) is 1. The molecule has 1 rings (SSSR count). The van der Waals surface area contributed by atoms with Crippen molar-refractivity contribution in [3.8, 4) is 6.07 Å². The summed E-state index contributed by atoms with van der Waals surface area (Å²) in [5.41, 5.74) is 0.401. The number of sulfonamides is 1. The van der Waals surface area contributed by atoms with E-state index < -0.39 is 15.3 Å². The smallest absolute Gasteiger partial charge is 0.249 e. The first-order valence-electron chi connectivity index (χ1n) is 4.66. The van der Waals surface area contributed by atoms with Gasteiger partial charge in [0.05, 0.1) is 6.07 Å². The summed E-state index contributed by atoms with van der Waals surface area (Å²) < 4.78 is 25.7. The number of halogens is 1. The topological polar surface area (TPSA) is 70.0 Å². The summed E-state index contributed by atoms with van der Waals surface area (Å²) in [4.78, 5) is 0. The quantitative estimate of drug-likeness (QED) is 0.901. The highest BCUT2D eigenvalue weighted by atomic mass is 35.5. The molecule has 1 aromatic carbocycles. The van der Waals surface area contributed by atoms with Crippen molar-refractivity contribution in [2.24, 2.45) is 0 Å². The molecule has 1 unspecified atom stereocenters. The Labute approximate surface area is 99.9 Å². The predicted molar refractivity (Wildman–Crippen MR) is 63.7 cm³/mol. The SMILES string of the molecule is CCC(C#N)S(=O)(=O)Nc1ccc(Cl)cc1. The minimum atomic E-state index is -3.64. The van der Waals surface area contributed by atoms with Crippen LogP contribution in [0.15, 0.2) is 24.3 Å². The van der Waals surface area contributed by atoms with Gasteiger partial charge in [-0.25, -0.2) is 8.42 Å². The van der Waals surface area contributed by atoms with Crippen LogP contribution in [0, 0.1) is 11.3 Å². The van der Waals surface area contributed by atoms with E-state index in [2.05, 4.69) is 4.72 Å². The molecule has 6 heteroatoms. The molecule has 0 saturated carbocycles. The van der Waals surface area contributed by atoms with Crippen molar-refractivity contribution in [1.29, 1.82) is 5.26 Å². The average molecular weight is 259 g/mol. The van der Waals surface area contributed by atoms with Crippen molar-refractivity contribution in [2.75, 3.05) is 4.72 Å². The summed E-state index contributed by atoms with van der Waals surface area (Å²) in [6, 6.07) is 7.99. The molecule has 1 N–H and O–H groups in total. The van der Waals surface area contributed by atoms with Crippen LogP contribution in [0.2, 0.25) is 5.02 Å². The molecule has 16 heavy (non-hydrogen) atoms. The van der Waals surface area contributed by atoms with Gasteiger partial charge in [-0.2, -0.15) is 5.26 Å². The Morgan fingerprint density at radius 1 is 1.44 bits per heavy atom. The number of benzene rings is 1. The van der Waals surface area contributed by atoms with Gasteiger partial charge in [0.25, 0.3) is 0 Å². The minimum Gasteiger partial charge on any atom is -0.282 e. The molecule has 1 atom stereocenters. The van der Waals surface area contributed by atoms with Gasteiger partial charge in [-0.15, -0.1) is 0 Å². The van der Waals surface area contributed by atoms with Crippen molar-refractivity contribution in [3.05, 3.63) is 29.3 Å². The Hall–Kier alpha value is -1.25. The van der Waals surface area contributed by atoms with Crippen LogP contribution < -0.4 is 4.72 Å². The van der Waals surface area contributed by atoms with Gasteiger partial charge in [-0.3, -0.25) is 4.72 Å². The molecule has 0 fully saturated rings. The molecule has 0 heterocycles. The Balaban J connectivity index is 2.89. The van der Waals surface area contributed by atoms with Crippen molar-refractivity contribution in [3.63, 3.8) is 0 Å². The predicted octanol–water partition coefficient (Wildman–Crippen LogP) is 2.38. The second-order valence-corrected chi connectivity index (χ2v) is 5.48. The molecule has 0 amide bonds. The molecule has 0 aliphatic rings. The highest BCUT2D eigenvalue weighted by Crippen LogP contribution is 2.16. The van der Waals surface area contributed by atoms with E-state index in [0.717, 1.165) is 0 Å². The Morgan fingerprint density at radius 3 is 2.44 bits per heavy atom. The third kappa shape index (κ3) is 3.12. The lowest BCUT2D eigenvalue weighted by atomic mass is 10.3. The van der Waals surface area contributed by atoms with Crippen LogP contribution in [0.4, 0.5) is 5.69 Å². The molecule has 0 aliphatic carbocycles. The summed E-state index contributed by atoms with van der Waals surface area (Å²) in [5, 5.41) is 8.18. The van der Waals surface area contributed by atoms with E-state index in [0.29, 0.717) is 10.7 Å². The molecule has 0 aliphatic heterocycles. The highest BCUT2D eigenvalue weighted by Gasteiger charge is 2.22. The average Bonchev–Trinajstić information content (AvgIpc) is 2.22. The summed E-state index contributed by atoms with van der Waals surface area (Å²) in [5.74, 6) is 0. The molecule has 4 nitrogen and oxygen atoms in total. The lowest BCUT2D eigenvalue weighted by Gasteiger charge is -2.10. The van der Waals surface area contributed by atoms with Gasteiger partial charge in [0.2, 0.25) is 10.0 Å². The van der Waals surface area contributed by atoms with Crippen LogP contribution in [0.3, 0.4) is 0 Å². The molecule has 0 bridgehead atoms. The number of rotatable bonds is 4. The van der Waals surface area contributed by atoms with Crippen molar-refractivity contribution >= 4 is 27.3 Å². The van der Waals surface area contributed by atoms with Gasteiger partial charge >= 0.3 is 0 Å². The second kappa shape index (κ2) is 5.19. The maximum atomic E-state index is 11.7. The van der Waals surface area contributed by atoms with Crippen LogP contribution in [0.1, 0.15) is 13.3 Å². The number of nitrogens with one attached hydrogen (secondary N) is 1. The third-order valence-corrected chi connectivity index (χ3v) is 3.95. The largest absolute Gasteiger partial charge is 0.282 e. The third-order valence-electron chi connectivity index (χ3n) is 1.99. The van der Waals surface area contributed by atoms with Gasteiger partial charge < -0.3 is 0 Å². The van der Waals surface area contributed by atoms with Gasteiger partial charge in [0, 0.05) is 10.7 Å². The fourth-order valence-corrected chi connectivity index (χ4v) is 2.44. The normalized spacial score (nSPS) is 12.8. The molecule has 0 aromatic heterocycles. The maximum Gasteiger partial charge on any atom is 0.249 e. The van der Waals surface area contributed by atoms with E-state index in [1.807, 2.05) is 0 Å². The van der Waals surface area contributed by atoms with Crippen LogP contribution >= 0.6 is 11.6 Å². The van der Waals surface area contributed by atoms with E-state index >= 15 is 0 Å². The standard InChI is InChI=1S/C10H11ClN2O2S/c1-2-10(7-12)16(14,15)13-9-5-3-8(11)4-6-9/h3-6,10,13H,2H2,1H3. The van der Waals surface area contributed by atoms with Crippen LogP contribution in [0.25, 0.3) is 0 Å². The zero-order valence-electron chi connectivity index (χ0n) is 8.64. The van der Waals surface area contributed by atoms with Crippen LogP contribution in [-0.4, -0.2) is 13.7 Å². The van der Waals surface area contributed by atoms with Crippen molar-refractivity contribution < 1.29 is 8.42 Å². The number of nitriles is 1. The first-order chi connectivity index (χ1) is 7.49. The van der Waals surface area contributed by atoms with Gasteiger partial charge in [-0.05, 0) is 30.7 Å². The molecule has 0 saturated heterocycles. The first-order valence-corrected chi connectivity index (χ1v) is 6.59. The monoisotopic (exact) mass is 258 g/mol. The summed E-state index contributed by atoms with van der Waals surface area (Å²) in [7, 11) is -3.64. The van der Waals surface area contributed by atoms with Crippen LogP contribution in [-0.2, 0) is 10.0 Å².